The van der Waals surface area contributed by atoms with Gasteiger partial charge in [0.2, 0.25) is 0 Å². The predicted molar refractivity (Wildman–Crippen MR) is 113 cm³/mol. The molecule has 3 aromatic carbocycles. The summed E-state index contributed by atoms with van der Waals surface area (Å²) in [5, 5.41) is 2.61. The maximum absolute atomic E-state index is 6.63. The molecule has 128 valence electrons. The van der Waals surface area contributed by atoms with E-state index in [0.29, 0.717) is 5.02 Å². The molecule has 5 rings (SSSR count). The number of hydrogen-bond donors (Lipinski definition) is 0. The third-order valence-corrected chi connectivity index (χ3v) is 5.10. The largest absolute Gasteiger partial charge is 0.253 e. The van der Waals surface area contributed by atoms with E-state index in [-0.39, 0.29) is 0 Å². The summed E-state index contributed by atoms with van der Waals surface area (Å²) < 4.78 is 0. The Morgan fingerprint density at radius 1 is 0.556 bits per heavy atom. The van der Waals surface area contributed by atoms with Crippen molar-refractivity contribution >= 4 is 33.4 Å². The Labute approximate surface area is 162 Å². The summed E-state index contributed by atoms with van der Waals surface area (Å²) >= 11 is 6.63. The minimum absolute atomic E-state index is 0.690. The van der Waals surface area contributed by atoms with E-state index in [0.717, 1.165) is 44.1 Å². The number of nitrogens with zero attached hydrogens (tertiary/aromatic N) is 2. The lowest BCUT2D eigenvalue weighted by atomic mass is 10.0. The van der Waals surface area contributed by atoms with Gasteiger partial charge in [0.15, 0.2) is 0 Å². The number of pyridine rings is 2. The second-order valence-electron chi connectivity index (χ2n) is 6.51. The minimum atomic E-state index is 0.690. The van der Waals surface area contributed by atoms with Gasteiger partial charge in [-0.3, -0.25) is 9.97 Å². The zero-order chi connectivity index (χ0) is 18.2. The molecule has 0 aliphatic heterocycles. The molecule has 0 aliphatic carbocycles. The van der Waals surface area contributed by atoms with Crippen LogP contribution in [0.15, 0.2) is 91.3 Å². The van der Waals surface area contributed by atoms with Crippen molar-refractivity contribution in [1.29, 1.82) is 0 Å². The Morgan fingerprint density at radius 3 is 1.74 bits per heavy atom. The Morgan fingerprint density at radius 2 is 1.11 bits per heavy atom. The van der Waals surface area contributed by atoms with Crippen LogP contribution in [0.25, 0.3) is 44.1 Å². The summed E-state index contributed by atoms with van der Waals surface area (Å²) in [5.41, 5.74) is 6.07. The zero-order valence-electron chi connectivity index (χ0n) is 14.4. The van der Waals surface area contributed by atoms with E-state index in [2.05, 4.69) is 36.4 Å². The summed E-state index contributed by atoms with van der Waals surface area (Å²) in [4.78, 5) is 9.41. The van der Waals surface area contributed by atoms with Crippen LogP contribution in [0.1, 0.15) is 0 Å². The van der Waals surface area contributed by atoms with Crippen LogP contribution in [-0.2, 0) is 0 Å². The van der Waals surface area contributed by atoms with Gasteiger partial charge in [0.1, 0.15) is 0 Å². The van der Waals surface area contributed by atoms with Crippen LogP contribution in [0.2, 0.25) is 5.02 Å². The molecule has 0 spiro atoms. The standard InChI is InChI=1S/C24H15ClN2/c25-22-13-18-11-19(16-7-3-1-4-8-16)14-26-23(18)24-21(22)12-20(15-27-24)17-9-5-2-6-10-17/h1-15H. The number of fused-ring (bicyclic) bond motifs is 3. The van der Waals surface area contributed by atoms with Crippen LogP contribution in [0.3, 0.4) is 0 Å². The van der Waals surface area contributed by atoms with Crippen LogP contribution in [0, 0.1) is 0 Å². The summed E-state index contributed by atoms with van der Waals surface area (Å²) in [5.74, 6) is 0. The molecule has 0 aliphatic rings. The van der Waals surface area contributed by atoms with Gasteiger partial charge < -0.3 is 0 Å². The molecule has 0 saturated heterocycles. The van der Waals surface area contributed by atoms with E-state index in [1.54, 1.807) is 0 Å². The molecular formula is C24H15ClN2. The molecule has 0 N–H and O–H groups in total. The normalized spacial score (nSPS) is 11.1. The summed E-state index contributed by atoms with van der Waals surface area (Å²) in [7, 11) is 0. The van der Waals surface area contributed by atoms with Crippen molar-refractivity contribution < 1.29 is 0 Å². The molecule has 0 radical (unpaired) electrons. The fraction of sp³-hybridized carbons (Fsp3) is 0. The zero-order valence-corrected chi connectivity index (χ0v) is 15.2. The molecule has 2 nitrogen and oxygen atoms in total. The predicted octanol–water partition coefficient (Wildman–Crippen LogP) is 6.77. The van der Waals surface area contributed by atoms with Crippen molar-refractivity contribution in [2.24, 2.45) is 0 Å². The average Bonchev–Trinajstić information content (AvgIpc) is 2.74. The molecule has 0 atom stereocenters. The molecule has 27 heavy (non-hydrogen) atoms. The first-order valence-electron chi connectivity index (χ1n) is 8.78. The summed E-state index contributed by atoms with van der Waals surface area (Å²) in [6.07, 6.45) is 3.79. The highest BCUT2D eigenvalue weighted by molar-refractivity contribution is 6.37. The van der Waals surface area contributed by atoms with E-state index in [4.69, 9.17) is 21.6 Å². The second kappa shape index (κ2) is 6.49. The Kier molecular flexibility index (Phi) is 3.84. The van der Waals surface area contributed by atoms with Crippen LogP contribution in [0.4, 0.5) is 0 Å². The highest BCUT2D eigenvalue weighted by atomic mass is 35.5. The van der Waals surface area contributed by atoms with Crippen molar-refractivity contribution in [3.05, 3.63) is 96.3 Å². The number of benzene rings is 3. The fourth-order valence-electron chi connectivity index (χ4n) is 3.42. The lowest BCUT2D eigenvalue weighted by molar-refractivity contribution is 1.37. The van der Waals surface area contributed by atoms with Gasteiger partial charge in [-0.2, -0.15) is 0 Å². The third-order valence-electron chi connectivity index (χ3n) is 4.78. The summed E-state index contributed by atoms with van der Waals surface area (Å²) in [6, 6.07) is 26.6. The maximum atomic E-state index is 6.63. The van der Waals surface area contributed by atoms with E-state index in [1.807, 2.05) is 54.9 Å². The van der Waals surface area contributed by atoms with Crippen molar-refractivity contribution in [2.45, 2.75) is 0 Å². The SMILES string of the molecule is Clc1cc2cc(-c3ccccc3)cnc2c2ncc(-c3ccccc3)cc12. The van der Waals surface area contributed by atoms with Gasteiger partial charge in [-0.1, -0.05) is 72.3 Å². The Balaban J connectivity index is 1.71. The van der Waals surface area contributed by atoms with Crippen molar-refractivity contribution in [3.63, 3.8) is 0 Å². The first-order valence-corrected chi connectivity index (χ1v) is 9.16. The van der Waals surface area contributed by atoms with Gasteiger partial charge >= 0.3 is 0 Å². The smallest absolute Gasteiger partial charge is 0.0979 e. The monoisotopic (exact) mass is 366 g/mol. The molecule has 0 saturated carbocycles. The number of hydrogen-bond acceptors (Lipinski definition) is 2. The van der Waals surface area contributed by atoms with Gasteiger partial charge in [-0.25, -0.2) is 0 Å². The number of halogens is 1. The van der Waals surface area contributed by atoms with Gasteiger partial charge in [0.25, 0.3) is 0 Å². The van der Waals surface area contributed by atoms with Crippen molar-refractivity contribution in [2.75, 3.05) is 0 Å². The Hall–Kier alpha value is -3.23. The van der Waals surface area contributed by atoms with E-state index >= 15 is 0 Å². The average molecular weight is 367 g/mol. The number of aromatic nitrogens is 2. The highest BCUT2D eigenvalue weighted by Crippen LogP contribution is 2.33. The Bertz CT molecular complexity index is 1270. The van der Waals surface area contributed by atoms with E-state index < -0.39 is 0 Å². The van der Waals surface area contributed by atoms with Crippen LogP contribution >= 0.6 is 11.6 Å². The van der Waals surface area contributed by atoms with Crippen LogP contribution in [0.5, 0.6) is 0 Å². The molecule has 2 heterocycles. The fourth-order valence-corrected chi connectivity index (χ4v) is 3.68. The minimum Gasteiger partial charge on any atom is -0.253 e. The van der Waals surface area contributed by atoms with E-state index in [9.17, 15) is 0 Å². The van der Waals surface area contributed by atoms with Crippen LogP contribution < -0.4 is 0 Å². The molecule has 0 amide bonds. The molecule has 5 aromatic rings. The lowest BCUT2D eigenvalue weighted by Gasteiger charge is -2.09. The van der Waals surface area contributed by atoms with Crippen molar-refractivity contribution in [3.8, 4) is 22.3 Å². The topological polar surface area (TPSA) is 25.8 Å². The number of rotatable bonds is 2. The lowest BCUT2D eigenvalue weighted by Crippen LogP contribution is -1.89. The maximum Gasteiger partial charge on any atom is 0.0979 e. The van der Waals surface area contributed by atoms with E-state index in [1.165, 1.54) is 0 Å². The van der Waals surface area contributed by atoms with Gasteiger partial charge in [0, 0.05) is 34.3 Å². The summed E-state index contributed by atoms with van der Waals surface area (Å²) in [6.45, 7) is 0. The first kappa shape index (κ1) is 16.0. The van der Waals surface area contributed by atoms with Gasteiger partial charge in [-0.15, -0.1) is 0 Å². The quantitative estimate of drug-likeness (QED) is 0.322. The third kappa shape index (κ3) is 2.84. The first-order chi connectivity index (χ1) is 13.3. The molecule has 0 unspecified atom stereocenters. The molecule has 0 fully saturated rings. The molecule has 0 bridgehead atoms. The molecule has 2 aromatic heterocycles. The second-order valence-corrected chi connectivity index (χ2v) is 6.91. The van der Waals surface area contributed by atoms with Gasteiger partial charge in [-0.05, 0) is 29.3 Å². The van der Waals surface area contributed by atoms with Crippen molar-refractivity contribution in [1.82, 2.24) is 9.97 Å². The molecular weight excluding hydrogens is 352 g/mol. The van der Waals surface area contributed by atoms with Gasteiger partial charge in [0.05, 0.1) is 16.1 Å². The van der Waals surface area contributed by atoms with Crippen LogP contribution in [-0.4, -0.2) is 9.97 Å². The molecule has 3 heteroatoms. The highest BCUT2D eigenvalue weighted by Gasteiger charge is 2.11.